The summed E-state index contributed by atoms with van der Waals surface area (Å²) in [4.78, 5) is 0. The minimum absolute atomic E-state index is 0.625. The Morgan fingerprint density at radius 3 is 2.44 bits per heavy atom. The Labute approximate surface area is 109 Å². The van der Waals surface area contributed by atoms with Gasteiger partial charge < -0.3 is 5.32 Å². The summed E-state index contributed by atoms with van der Waals surface area (Å²) in [6, 6.07) is 20.1. The normalized spacial score (nSPS) is 18.3. The predicted octanol–water partition coefficient (Wildman–Crippen LogP) is 3.33. The number of fused-ring (bicyclic) bond motifs is 1. The first-order valence-corrected chi connectivity index (χ1v) is 6.76. The van der Waals surface area contributed by atoms with Gasteiger partial charge in [-0.15, -0.1) is 0 Å². The van der Waals surface area contributed by atoms with Crippen molar-refractivity contribution in [3.05, 3.63) is 71.3 Å². The van der Waals surface area contributed by atoms with E-state index in [0.717, 1.165) is 6.54 Å². The van der Waals surface area contributed by atoms with Crippen LogP contribution in [0.2, 0.25) is 0 Å². The highest BCUT2D eigenvalue weighted by molar-refractivity contribution is 5.30. The van der Waals surface area contributed by atoms with Gasteiger partial charge in [-0.05, 0) is 36.0 Å². The first-order valence-electron chi connectivity index (χ1n) is 6.76. The topological polar surface area (TPSA) is 12.0 Å². The van der Waals surface area contributed by atoms with E-state index in [-0.39, 0.29) is 0 Å². The second-order valence-corrected chi connectivity index (χ2v) is 5.07. The first-order chi connectivity index (χ1) is 8.92. The third-order valence-electron chi connectivity index (χ3n) is 3.78. The van der Waals surface area contributed by atoms with Gasteiger partial charge in [0.15, 0.2) is 0 Å². The molecule has 1 atom stereocenters. The molecule has 0 aromatic heterocycles. The molecule has 3 rings (SSSR count). The van der Waals surface area contributed by atoms with E-state index in [4.69, 9.17) is 0 Å². The molecule has 1 aliphatic rings. The maximum atomic E-state index is 3.68. The number of hydrogen-bond donors (Lipinski definition) is 1. The molecule has 1 aliphatic carbocycles. The summed E-state index contributed by atoms with van der Waals surface area (Å²) in [7, 11) is 0. The molecular weight excluding hydrogens is 218 g/mol. The van der Waals surface area contributed by atoms with Crippen molar-refractivity contribution < 1.29 is 0 Å². The summed E-state index contributed by atoms with van der Waals surface area (Å²) in [6.45, 7) is 0.980. The monoisotopic (exact) mass is 237 g/mol. The fourth-order valence-electron chi connectivity index (χ4n) is 2.73. The number of rotatable bonds is 3. The smallest absolute Gasteiger partial charge is 0.0208 e. The molecule has 1 heteroatoms. The zero-order valence-corrected chi connectivity index (χ0v) is 10.6. The van der Waals surface area contributed by atoms with E-state index in [1.807, 2.05) is 0 Å². The summed E-state index contributed by atoms with van der Waals surface area (Å²) >= 11 is 0. The lowest BCUT2D eigenvalue weighted by Crippen LogP contribution is -2.34. The molecule has 0 aliphatic heterocycles. The van der Waals surface area contributed by atoms with Crippen molar-refractivity contribution in [2.24, 2.45) is 0 Å². The lowest BCUT2D eigenvalue weighted by molar-refractivity contribution is 0.457. The Balaban J connectivity index is 1.60. The SMILES string of the molecule is c1ccc(CNC2CCc3ccccc3C2)cc1. The van der Waals surface area contributed by atoms with Crippen molar-refractivity contribution in [2.45, 2.75) is 31.8 Å². The Hall–Kier alpha value is -1.60. The van der Waals surface area contributed by atoms with E-state index >= 15 is 0 Å². The molecule has 0 fully saturated rings. The molecule has 0 radical (unpaired) electrons. The van der Waals surface area contributed by atoms with Gasteiger partial charge in [-0.2, -0.15) is 0 Å². The molecule has 1 N–H and O–H groups in total. The van der Waals surface area contributed by atoms with Crippen LogP contribution in [-0.4, -0.2) is 6.04 Å². The van der Waals surface area contributed by atoms with Gasteiger partial charge in [0.2, 0.25) is 0 Å². The minimum Gasteiger partial charge on any atom is -0.310 e. The summed E-state index contributed by atoms with van der Waals surface area (Å²) in [5.74, 6) is 0. The number of nitrogens with one attached hydrogen (secondary N) is 1. The number of aryl methyl sites for hydroxylation is 1. The lowest BCUT2D eigenvalue weighted by Gasteiger charge is -2.25. The van der Waals surface area contributed by atoms with Crippen LogP contribution in [0.1, 0.15) is 23.1 Å². The molecule has 1 nitrogen and oxygen atoms in total. The van der Waals surface area contributed by atoms with Crippen molar-refractivity contribution in [1.82, 2.24) is 5.32 Å². The van der Waals surface area contributed by atoms with Gasteiger partial charge in [0.25, 0.3) is 0 Å². The van der Waals surface area contributed by atoms with Crippen LogP contribution in [0.5, 0.6) is 0 Å². The van der Waals surface area contributed by atoms with Gasteiger partial charge in [0, 0.05) is 12.6 Å². The third kappa shape index (κ3) is 2.62. The zero-order valence-electron chi connectivity index (χ0n) is 10.6. The molecule has 0 amide bonds. The van der Waals surface area contributed by atoms with E-state index in [1.54, 1.807) is 0 Å². The van der Waals surface area contributed by atoms with Gasteiger partial charge in [0.1, 0.15) is 0 Å². The fraction of sp³-hybridized carbons (Fsp3) is 0.294. The van der Waals surface area contributed by atoms with Gasteiger partial charge in [-0.1, -0.05) is 54.6 Å². The second-order valence-electron chi connectivity index (χ2n) is 5.07. The van der Waals surface area contributed by atoms with E-state index in [9.17, 15) is 0 Å². The van der Waals surface area contributed by atoms with E-state index in [0.29, 0.717) is 6.04 Å². The molecule has 0 bridgehead atoms. The average Bonchev–Trinajstić information content (AvgIpc) is 2.46. The Bertz CT molecular complexity index is 504. The van der Waals surface area contributed by atoms with Gasteiger partial charge in [-0.25, -0.2) is 0 Å². The standard InChI is InChI=1S/C17H19N/c1-2-6-14(7-3-1)13-18-17-11-10-15-8-4-5-9-16(15)12-17/h1-9,17-18H,10-13H2. The molecule has 2 aromatic carbocycles. The van der Waals surface area contributed by atoms with Gasteiger partial charge in [0.05, 0.1) is 0 Å². The van der Waals surface area contributed by atoms with Crippen molar-refractivity contribution >= 4 is 0 Å². The Morgan fingerprint density at radius 1 is 0.889 bits per heavy atom. The fourth-order valence-corrected chi connectivity index (χ4v) is 2.73. The molecule has 0 saturated carbocycles. The van der Waals surface area contributed by atoms with Crippen LogP contribution in [0, 0.1) is 0 Å². The highest BCUT2D eigenvalue weighted by Crippen LogP contribution is 2.21. The van der Waals surface area contributed by atoms with Gasteiger partial charge in [-0.3, -0.25) is 0 Å². The third-order valence-corrected chi connectivity index (χ3v) is 3.78. The summed E-state index contributed by atoms with van der Waals surface area (Å²) < 4.78 is 0. The highest BCUT2D eigenvalue weighted by Gasteiger charge is 2.17. The molecule has 0 spiro atoms. The predicted molar refractivity (Wildman–Crippen MR) is 75.5 cm³/mol. The van der Waals surface area contributed by atoms with E-state index in [1.165, 1.54) is 36.0 Å². The second kappa shape index (κ2) is 5.36. The first kappa shape index (κ1) is 11.5. The van der Waals surface area contributed by atoms with Crippen LogP contribution in [0.3, 0.4) is 0 Å². The molecule has 0 saturated heterocycles. The summed E-state index contributed by atoms with van der Waals surface area (Å²) in [6.07, 6.45) is 3.63. The Morgan fingerprint density at radius 2 is 1.61 bits per heavy atom. The van der Waals surface area contributed by atoms with Crippen LogP contribution >= 0.6 is 0 Å². The zero-order chi connectivity index (χ0) is 12.2. The molecule has 18 heavy (non-hydrogen) atoms. The molecule has 92 valence electrons. The van der Waals surface area contributed by atoms with Crippen molar-refractivity contribution in [1.29, 1.82) is 0 Å². The quantitative estimate of drug-likeness (QED) is 0.863. The lowest BCUT2D eigenvalue weighted by atomic mass is 9.88. The van der Waals surface area contributed by atoms with E-state index in [2.05, 4.69) is 59.9 Å². The van der Waals surface area contributed by atoms with Crippen molar-refractivity contribution in [3.63, 3.8) is 0 Å². The number of hydrogen-bond acceptors (Lipinski definition) is 1. The highest BCUT2D eigenvalue weighted by atomic mass is 14.9. The largest absolute Gasteiger partial charge is 0.310 e. The Kier molecular flexibility index (Phi) is 3.42. The maximum Gasteiger partial charge on any atom is 0.0208 e. The molecule has 2 aromatic rings. The van der Waals surface area contributed by atoms with Gasteiger partial charge >= 0.3 is 0 Å². The van der Waals surface area contributed by atoms with E-state index < -0.39 is 0 Å². The van der Waals surface area contributed by atoms with Crippen LogP contribution in [0.25, 0.3) is 0 Å². The number of benzene rings is 2. The maximum absolute atomic E-state index is 3.68. The van der Waals surface area contributed by atoms with Crippen LogP contribution in [0.15, 0.2) is 54.6 Å². The average molecular weight is 237 g/mol. The molecule has 1 unspecified atom stereocenters. The summed E-state index contributed by atoms with van der Waals surface area (Å²) in [5.41, 5.74) is 4.43. The molecular formula is C17H19N. The van der Waals surface area contributed by atoms with Crippen LogP contribution in [0.4, 0.5) is 0 Å². The minimum atomic E-state index is 0.625. The van der Waals surface area contributed by atoms with Crippen LogP contribution < -0.4 is 5.32 Å². The van der Waals surface area contributed by atoms with Crippen molar-refractivity contribution in [2.75, 3.05) is 0 Å². The summed E-state index contributed by atoms with van der Waals surface area (Å²) in [5, 5.41) is 3.68. The molecule has 0 heterocycles. The van der Waals surface area contributed by atoms with Crippen LogP contribution in [-0.2, 0) is 19.4 Å². The van der Waals surface area contributed by atoms with Crippen molar-refractivity contribution in [3.8, 4) is 0 Å².